The quantitative estimate of drug-likeness (QED) is 0.884. The monoisotopic (exact) mass is 283 g/mol. The number of unbranched alkanes of at least 4 members (excludes halogenated alkanes) is 1. The van der Waals surface area contributed by atoms with Gasteiger partial charge in [0.25, 0.3) is 0 Å². The minimum atomic E-state index is -0.939. The fourth-order valence-corrected chi connectivity index (χ4v) is 2.15. The molecule has 0 saturated heterocycles. The first-order valence-corrected chi connectivity index (χ1v) is 6.92. The molecule has 21 heavy (non-hydrogen) atoms. The fraction of sp³-hybridized carbons (Fsp3) is 0.312. The van der Waals surface area contributed by atoms with E-state index in [1.807, 2.05) is 4.57 Å². The summed E-state index contributed by atoms with van der Waals surface area (Å²) in [4.78, 5) is 15.2. The number of hydrogen-bond acceptors (Lipinski definition) is 3. The molecule has 0 aliphatic carbocycles. The van der Waals surface area contributed by atoms with Crippen LogP contribution >= 0.6 is 0 Å². The number of imidazole rings is 1. The van der Waals surface area contributed by atoms with Crippen molar-refractivity contribution in [3.63, 3.8) is 0 Å². The topological polar surface area (TPSA) is 78.9 Å². The molecule has 0 aliphatic heterocycles. The number of nitriles is 1. The molecule has 108 valence electrons. The predicted molar refractivity (Wildman–Crippen MR) is 78.1 cm³/mol. The maximum atomic E-state index is 10.8. The highest BCUT2D eigenvalue weighted by atomic mass is 16.4. The van der Waals surface area contributed by atoms with Crippen LogP contribution in [0.5, 0.6) is 0 Å². The van der Waals surface area contributed by atoms with E-state index in [-0.39, 0.29) is 5.56 Å². The highest BCUT2D eigenvalue weighted by molar-refractivity contribution is 5.87. The van der Waals surface area contributed by atoms with Gasteiger partial charge in [-0.25, -0.2) is 9.78 Å². The molecule has 0 radical (unpaired) electrons. The van der Waals surface area contributed by atoms with Crippen molar-refractivity contribution >= 4 is 5.97 Å². The van der Waals surface area contributed by atoms with Crippen LogP contribution in [0.2, 0.25) is 0 Å². The van der Waals surface area contributed by atoms with Gasteiger partial charge in [-0.1, -0.05) is 25.5 Å². The molecule has 0 fully saturated rings. The van der Waals surface area contributed by atoms with Crippen molar-refractivity contribution in [2.24, 2.45) is 0 Å². The van der Waals surface area contributed by atoms with Crippen molar-refractivity contribution in [2.75, 3.05) is 0 Å². The van der Waals surface area contributed by atoms with Gasteiger partial charge in [0.05, 0.1) is 11.8 Å². The van der Waals surface area contributed by atoms with Gasteiger partial charge in [0.1, 0.15) is 17.6 Å². The third-order valence-electron chi connectivity index (χ3n) is 3.35. The molecular formula is C16H17N3O2. The van der Waals surface area contributed by atoms with Crippen molar-refractivity contribution in [1.29, 1.82) is 5.26 Å². The first-order valence-electron chi connectivity index (χ1n) is 6.92. The number of benzene rings is 1. The fourth-order valence-electron chi connectivity index (χ4n) is 2.15. The number of carboxylic acids is 1. The average molecular weight is 283 g/mol. The third kappa shape index (κ3) is 3.48. The molecule has 0 bridgehead atoms. The second-order valence-corrected chi connectivity index (χ2v) is 4.86. The zero-order valence-electron chi connectivity index (χ0n) is 11.9. The first-order chi connectivity index (χ1) is 10.2. The summed E-state index contributed by atoms with van der Waals surface area (Å²) in [5.41, 5.74) is 1.74. The number of carboxylic acid groups (broad SMARTS) is 1. The molecule has 1 aromatic carbocycles. The van der Waals surface area contributed by atoms with Crippen LogP contribution in [0.1, 0.15) is 47.2 Å². The second kappa shape index (κ2) is 6.71. The first kappa shape index (κ1) is 14.8. The molecule has 2 aromatic rings. The molecule has 1 N–H and O–H groups in total. The average Bonchev–Trinajstić information content (AvgIpc) is 2.87. The van der Waals surface area contributed by atoms with Crippen LogP contribution in [0, 0.1) is 11.3 Å². The van der Waals surface area contributed by atoms with Gasteiger partial charge in [0.2, 0.25) is 0 Å². The number of aromatic nitrogens is 2. The highest BCUT2D eigenvalue weighted by Crippen LogP contribution is 2.13. The van der Waals surface area contributed by atoms with Gasteiger partial charge < -0.3 is 9.67 Å². The van der Waals surface area contributed by atoms with Crippen molar-refractivity contribution < 1.29 is 9.90 Å². The van der Waals surface area contributed by atoms with Gasteiger partial charge >= 0.3 is 5.97 Å². The summed E-state index contributed by atoms with van der Waals surface area (Å²) in [6, 6.07) is 8.84. The van der Waals surface area contributed by atoms with E-state index >= 15 is 0 Å². The number of hydrogen-bond donors (Lipinski definition) is 1. The van der Waals surface area contributed by atoms with E-state index in [1.54, 1.807) is 30.5 Å². The Morgan fingerprint density at radius 3 is 2.67 bits per heavy atom. The zero-order valence-corrected chi connectivity index (χ0v) is 11.9. The Bertz CT molecular complexity index is 666. The van der Waals surface area contributed by atoms with E-state index in [2.05, 4.69) is 18.0 Å². The van der Waals surface area contributed by atoms with Gasteiger partial charge in [-0.15, -0.1) is 0 Å². The van der Waals surface area contributed by atoms with E-state index in [1.165, 1.54) is 0 Å². The highest BCUT2D eigenvalue weighted by Gasteiger charge is 2.10. The minimum Gasteiger partial charge on any atom is -0.478 e. The summed E-state index contributed by atoms with van der Waals surface area (Å²) in [6.45, 7) is 2.64. The summed E-state index contributed by atoms with van der Waals surface area (Å²) < 4.78 is 1.89. The van der Waals surface area contributed by atoms with Gasteiger partial charge in [0.15, 0.2) is 0 Å². The Morgan fingerprint density at radius 1 is 1.38 bits per heavy atom. The molecule has 0 saturated carbocycles. The Hall–Kier alpha value is -2.61. The van der Waals surface area contributed by atoms with Crippen molar-refractivity contribution in [1.82, 2.24) is 9.55 Å². The molecule has 5 heteroatoms. The Kier molecular flexibility index (Phi) is 4.72. The largest absolute Gasteiger partial charge is 0.478 e. The molecule has 1 heterocycles. The van der Waals surface area contributed by atoms with E-state index in [4.69, 9.17) is 10.4 Å². The van der Waals surface area contributed by atoms with E-state index in [9.17, 15) is 4.79 Å². The number of aromatic carboxylic acids is 1. The molecule has 0 atom stereocenters. The minimum absolute atomic E-state index is 0.260. The summed E-state index contributed by atoms with van der Waals surface area (Å²) in [6.07, 6.45) is 4.53. The molecule has 0 unspecified atom stereocenters. The van der Waals surface area contributed by atoms with E-state index in [0.717, 1.165) is 30.7 Å². The molecule has 0 amide bonds. The third-order valence-corrected chi connectivity index (χ3v) is 3.35. The van der Waals surface area contributed by atoms with Crippen LogP contribution in [-0.2, 0) is 13.0 Å². The lowest BCUT2D eigenvalue weighted by atomic mass is 10.1. The Balaban J connectivity index is 2.23. The molecule has 0 spiro atoms. The van der Waals surface area contributed by atoms with Gasteiger partial charge in [0, 0.05) is 13.0 Å². The number of aryl methyl sites for hydroxylation is 1. The van der Waals surface area contributed by atoms with Crippen molar-refractivity contribution in [2.45, 2.75) is 32.7 Å². The van der Waals surface area contributed by atoms with Crippen molar-refractivity contribution in [3.8, 4) is 6.07 Å². The van der Waals surface area contributed by atoms with Crippen LogP contribution in [0.4, 0.5) is 0 Å². The Morgan fingerprint density at radius 2 is 2.10 bits per heavy atom. The zero-order chi connectivity index (χ0) is 15.2. The number of nitrogens with zero attached hydrogens (tertiary/aromatic N) is 3. The lowest BCUT2D eigenvalue weighted by molar-refractivity contribution is 0.0697. The van der Waals surface area contributed by atoms with Crippen LogP contribution in [-0.4, -0.2) is 20.6 Å². The summed E-state index contributed by atoms with van der Waals surface area (Å²) in [7, 11) is 0. The predicted octanol–water partition coefficient (Wildman–Crippen LogP) is 2.84. The van der Waals surface area contributed by atoms with Gasteiger partial charge in [-0.3, -0.25) is 0 Å². The lowest BCUT2D eigenvalue weighted by Gasteiger charge is -2.09. The smallest absolute Gasteiger partial charge is 0.335 e. The normalized spacial score (nSPS) is 10.3. The van der Waals surface area contributed by atoms with Gasteiger partial charge in [-0.05, 0) is 24.1 Å². The number of carbonyl (C=O) groups is 1. The number of rotatable bonds is 6. The van der Waals surface area contributed by atoms with Gasteiger partial charge in [-0.2, -0.15) is 5.26 Å². The van der Waals surface area contributed by atoms with Crippen LogP contribution in [0.25, 0.3) is 0 Å². The maximum absolute atomic E-state index is 10.8. The molecule has 0 aliphatic rings. The van der Waals surface area contributed by atoms with E-state index < -0.39 is 5.97 Å². The summed E-state index contributed by atoms with van der Waals surface area (Å²) >= 11 is 0. The molecule has 2 rings (SSSR count). The second-order valence-electron chi connectivity index (χ2n) is 4.86. The maximum Gasteiger partial charge on any atom is 0.335 e. The Labute approximate surface area is 123 Å². The lowest BCUT2D eigenvalue weighted by Crippen LogP contribution is -2.08. The SMILES string of the molecule is CCCCc1ncc(C#N)n1Cc1ccc(C(=O)O)cc1. The van der Waals surface area contributed by atoms with Crippen LogP contribution < -0.4 is 0 Å². The molecule has 5 nitrogen and oxygen atoms in total. The van der Waals surface area contributed by atoms with Crippen LogP contribution in [0.3, 0.4) is 0 Å². The van der Waals surface area contributed by atoms with Crippen LogP contribution in [0.15, 0.2) is 30.5 Å². The van der Waals surface area contributed by atoms with Crippen molar-refractivity contribution in [3.05, 3.63) is 53.1 Å². The van der Waals surface area contributed by atoms with E-state index in [0.29, 0.717) is 12.2 Å². The standard InChI is InChI=1S/C16H17N3O2/c1-2-3-4-15-18-10-14(9-17)19(15)11-12-5-7-13(8-6-12)16(20)21/h5-8,10H,2-4,11H2,1H3,(H,20,21). The molecule has 1 aromatic heterocycles. The molecular weight excluding hydrogens is 266 g/mol. The summed E-state index contributed by atoms with van der Waals surface area (Å²) in [5, 5.41) is 18.1. The summed E-state index contributed by atoms with van der Waals surface area (Å²) in [5.74, 6) is -0.0405.